The van der Waals surface area contributed by atoms with Crippen LogP contribution in [0.25, 0.3) is 0 Å². The number of anilines is 1. The minimum atomic E-state index is 0.208. The molecule has 0 aliphatic rings. The van der Waals surface area contributed by atoms with E-state index < -0.39 is 0 Å². The van der Waals surface area contributed by atoms with Gasteiger partial charge < -0.3 is 10.6 Å². The maximum absolute atomic E-state index is 5.89. The second-order valence-corrected chi connectivity index (χ2v) is 3.97. The summed E-state index contributed by atoms with van der Waals surface area (Å²) in [5, 5.41) is 0.627. The van der Waals surface area contributed by atoms with Crippen LogP contribution >= 0.6 is 23.2 Å². The van der Waals surface area contributed by atoms with Crippen LogP contribution in [0.2, 0.25) is 5.02 Å². The molecule has 82 valence electrons. The molecule has 0 bridgehead atoms. The van der Waals surface area contributed by atoms with Gasteiger partial charge in [0.15, 0.2) is 0 Å². The Balaban J connectivity index is 3.19. The SMILES string of the molecule is CN(C)c1ccc(Cl)cc1N=C(N)CCl. The predicted octanol–water partition coefficient (Wildman–Crippen LogP) is 2.63. The van der Waals surface area contributed by atoms with Gasteiger partial charge in [0.1, 0.15) is 5.84 Å². The normalized spacial score (nSPS) is 11.6. The van der Waals surface area contributed by atoms with E-state index in [2.05, 4.69) is 4.99 Å². The lowest BCUT2D eigenvalue weighted by atomic mass is 10.2. The first-order valence-electron chi connectivity index (χ1n) is 4.40. The average molecular weight is 246 g/mol. The Morgan fingerprint density at radius 1 is 1.47 bits per heavy atom. The molecule has 1 aromatic carbocycles. The molecule has 15 heavy (non-hydrogen) atoms. The minimum Gasteiger partial charge on any atom is -0.386 e. The number of hydrogen-bond acceptors (Lipinski definition) is 2. The smallest absolute Gasteiger partial charge is 0.115 e. The fourth-order valence-corrected chi connectivity index (χ4v) is 1.38. The van der Waals surface area contributed by atoms with Crippen molar-refractivity contribution in [2.75, 3.05) is 24.9 Å². The number of alkyl halides is 1. The molecule has 0 heterocycles. The third-order valence-electron chi connectivity index (χ3n) is 1.82. The van der Waals surface area contributed by atoms with Crippen molar-refractivity contribution < 1.29 is 0 Å². The molecular weight excluding hydrogens is 233 g/mol. The maximum Gasteiger partial charge on any atom is 0.115 e. The first kappa shape index (κ1) is 12.1. The second kappa shape index (κ2) is 5.24. The number of benzene rings is 1. The molecule has 1 rings (SSSR count). The van der Waals surface area contributed by atoms with Gasteiger partial charge in [-0.15, -0.1) is 11.6 Å². The Morgan fingerprint density at radius 3 is 2.67 bits per heavy atom. The highest BCUT2D eigenvalue weighted by molar-refractivity contribution is 6.31. The third-order valence-corrected chi connectivity index (χ3v) is 2.33. The van der Waals surface area contributed by atoms with E-state index in [0.29, 0.717) is 10.9 Å². The van der Waals surface area contributed by atoms with Gasteiger partial charge in [-0.3, -0.25) is 0 Å². The van der Waals surface area contributed by atoms with Crippen molar-refractivity contribution in [2.45, 2.75) is 0 Å². The highest BCUT2D eigenvalue weighted by Crippen LogP contribution is 2.30. The van der Waals surface area contributed by atoms with Crippen molar-refractivity contribution in [3.8, 4) is 0 Å². The first-order valence-corrected chi connectivity index (χ1v) is 5.31. The van der Waals surface area contributed by atoms with Crippen molar-refractivity contribution in [3.05, 3.63) is 23.2 Å². The van der Waals surface area contributed by atoms with Crippen LogP contribution in [0.15, 0.2) is 23.2 Å². The number of nitrogens with two attached hydrogens (primary N) is 1. The molecule has 1 aromatic rings. The highest BCUT2D eigenvalue weighted by Gasteiger charge is 2.04. The van der Waals surface area contributed by atoms with E-state index in [1.807, 2.05) is 31.1 Å². The van der Waals surface area contributed by atoms with Gasteiger partial charge in [0.25, 0.3) is 0 Å². The molecule has 0 radical (unpaired) electrons. The number of hydrogen-bond donors (Lipinski definition) is 1. The zero-order valence-electron chi connectivity index (χ0n) is 8.67. The minimum absolute atomic E-state index is 0.208. The number of rotatable bonds is 3. The van der Waals surface area contributed by atoms with Crippen LogP contribution in [0.5, 0.6) is 0 Å². The van der Waals surface area contributed by atoms with E-state index in [9.17, 15) is 0 Å². The van der Waals surface area contributed by atoms with Gasteiger partial charge in [-0.25, -0.2) is 4.99 Å². The summed E-state index contributed by atoms with van der Waals surface area (Å²) < 4.78 is 0. The van der Waals surface area contributed by atoms with Crippen molar-refractivity contribution in [3.63, 3.8) is 0 Å². The fourth-order valence-electron chi connectivity index (χ4n) is 1.15. The van der Waals surface area contributed by atoms with Gasteiger partial charge in [-0.2, -0.15) is 0 Å². The fraction of sp³-hybridized carbons (Fsp3) is 0.300. The van der Waals surface area contributed by atoms with Crippen LogP contribution in [0, 0.1) is 0 Å². The highest BCUT2D eigenvalue weighted by atomic mass is 35.5. The number of nitrogens with zero attached hydrogens (tertiary/aromatic N) is 2. The monoisotopic (exact) mass is 245 g/mol. The van der Waals surface area contributed by atoms with Gasteiger partial charge in [0.2, 0.25) is 0 Å². The molecule has 0 fully saturated rings. The molecule has 0 saturated heterocycles. The Labute approximate surface area is 99.5 Å². The molecule has 0 aromatic heterocycles. The van der Waals surface area contributed by atoms with Crippen LogP contribution in [-0.4, -0.2) is 25.8 Å². The van der Waals surface area contributed by atoms with Crippen molar-refractivity contribution in [1.29, 1.82) is 0 Å². The second-order valence-electron chi connectivity index (χ2n) is 3.26. The van der Waals surface area contributed by atoms with Crippen molar-refractivity contribution in [2.24, 2.45) is 10.7 Å². The quantitative estimate of drug-likeness (QED) is 0.506. The Bertz CT molecular complexity index is 375. The van der Waals surface area contributed by atoms with Crippen LogP contribution in [0.3, 0.4) is 0 Å². The zero-order valence-corrected chi connectivity index (χ0v) is 10.2. The average Bonchev–Trinajstić information content (AvgIpc) is 2.17. The molecule has 0 saturated carbocycles. The lowest BCUT2D eigenvalue weighted by Crippen LogP contribution is -2.13. The third kappa shape index (κ3) is 3.29. The van der Waals surface area contributed by atoms with Crippen molar-refractivity contribution >= 4 is 40.4 Å². The molecule has 0 spiro atoms. The summed E-state index contributed by atoms with van der Waals surface area (Å²) in [6.07, 6.45) is 0. The summed E-state index contributed by atoms with van der Waals surface area (Å²) in [5.41, 5.74) is 7.26. The molecular formula is C10H13Cl2N3. The number of aliphatic imine (C=N–C) groups is 1. The molecule has 0 aliphatic carbocycles. The molecule has 0 atom stereocenters. The lowest BCUT2D eigenvalue weighted by Gasteiger charge is -2.15. The summed E-state index contributed by atoms with van der Waals surface area (Å²) in [4.78, 5) is 6.14. The van der Waals surface area contributed by atoms with Crippen LogP contribution in [0.1, 0.15) is 0 Å². The summed E-state index contributed by atoms with van der Waals surface area (Å²) in [6.45, 7) is 0. The Kier molecular flexibility index (Phi) is 4.24. The predicted molar refractivity (Wildman–Crippen MR) is 67.8 cm³/mol. The van der Waals surface area contributed by atoms with Gasteiger partial charge in [0.05, 0.1) is 17.3 Å². The molecule has 2 N–H and O–H groups in total. The Hall–Kier alpha value is -0.930. The molecule has 0 amide bonds. The van der Waals surface area contributed by atoms with Gasteiger partial charge in [0, 0.05) is 19.1 Å². The van der Waals surface area contributed by atoms with Gasteiger partial charge in [-0.05, 0) is 18.2 Å². The van der Waals surface area contributed by atoms with E-state index in [4.69, 9.17) is 28.9 Å². The standard InChI is InChI=1S/C10H13Cl2N3/c1-15(2)9-4-3-7(12)5-8(9)14-10(13)6-11/h3-5H,6H2,1-2H3,(H2,13,14). The van der Waals surface area contributed by atoms with Gasteiger partial charge >= 0.3 is 0 Å². The summed E-state index contributed by atoms with van der Waals surface area (Å²) in [5.74, 6) is 0.585. The molecule has 0 aliphatic heterocycles. The molecule has 0 unspecified atom stereocenters. The van der Waals surface area contributed by atoms with E-state index in [0.717, 1.165) is 11.4 Å². The van der Waals surface area contributed by atoms with Crippen molar-refractivity contribution in [1.82, 2.24) is 0 Å². The van der Waals surface area contributed by atoms with E-state index in [-0.39, 0.29) is 5.88 Å². The Morgan fingerprint density at radius 2 is 2.13 bits per heavy atom. The molecule has 5 heteroatoms. The summed E-state index contributed by atoms with van der Waals surface area (Å²) in [7, 11) is 3.86. The number of halogens is 2. The van der Waals surface area contributed by atoms with Crippen LogP contribution < -0.4 is 10.6 Å². The summed E-state index contributed by atoms with van der Waals surface area (Å²) >= 11 is 11.5. The topological polar surface area (TPSA) is 41.6 Å². The van der Waals surface area contributed by atoms with Gasteiger partial charge in [-0.1, -0.05) is 11.6 Å². The largest absolute Gasteiger partial charge is 0.386 e. The van der Waals surface area contributed by atoms with Crippen LogP contribution in [-0.2, 0) is 0 Å². The zero-order chi connectivity index (χ0) is 11.4. The van der Waals surface area contributed by atoms with E-state index in [1.54, 1.807) is 6.07 Å². The first-order chi connectivity index (χ1) is 7.04. The maximum atomic E-state index is 5.89. The van der Waals surface area contributed by atoms with E-state index >= 15 is 0 Å². The number of amidine groups is 1. The van der Waals surface area contributed by atoms with E-state index in [1.165, 1.54) is 0 Å². The lowest BCUT2D eigenvalue weighted by molar-refractivity contribution is 1.13. The van der Waals surface area contributed by atoms with Crippen LogP contribution in [0.4, 0.5) is 11.4 Å². The molecule has 3 nitrogen and oxygen atoms in total. The summed E-state index contributed by atoms with van der Waals surface area (Å²) in [6, 6.07) is 5.46.